The molecular formula is C17H14ClNO2. The maximum absolute atomic E-state index is 12.8. The third-order valence-electron chi connectivity index (χ3n) is 5.94. The SMILES string of the molecule is O=C1C2C(C(=O)N1c1ccc(Cl)cc1)C1C=CC2C12CC2. The van der Waals surface area contributed by atoms with Gasteiger partial charge in [-0.05, 0) is 54.4 Å². The predicted molar refractivity (Wildman–Crippen MR) is 78.7 cm³/mol. The normalized spacial score (nSPS) is 37.7. The van der Waals surface area contributed by atoms with Crippen LogP contribution in [-0.2, 0) is 9.59 Å². The maximum atomic E-state index is 12.8. The first-order valence-electron chi connectivity index (χ1n) is 7.45. The van der Waals surface area contributed by atoms with Crippen molar-refractivity contribution in [3.63, 3.8) is 0 Å². The highest BCUT2D eigenvalue weighted by atomic mass is 35.5. The van der Waals surface area contributed by atoms with E-state index in [1.165, 1.54) is 17.7 Å². The summed E-state index contributed by atoms with van der Waals surface area (Å²) >= 11 is 5.89. The number of rotatable bonds is 1. The number of hydrogen-bond acceptors (Lipinski definition) is 2. The Morgan fingerprint density at radius 2 is 1.48 bits per heavy atom. The highest BCUT2D eigenvalue weighted by Gasteiger charge is 2.73. The third kappa shape index (κ3) is 1.27. The first-order chi connectivity index (χ1) is 10.1. The van der Waals surface area contributed by atoms with Crippen molar-refractivity contribution >= 4 is 29.1 Å². The van der Waals surface area contributed by atoms with Crippen LogP contribution in [0.25, 0.3) is 0 Å². The molecule has 2 saturated carbocycles. The number of imide groups is 1. The second-order valence-corrected chi connectivity index (χ2v) is 7.15. The van der Waals surface area contributed by atoms with Gasteiger partial charge in [0.15, 0.2) is 0 Å². The fourth-order valence-corrected chi connectivity index (χ4v) is 5.05. The Morgan fingerprint density at radius 1 is 0.952 bits per heavy atom. The molecule has 0 aromatic heterocycles. The Balaban J connectivity index is 1.57. The van der Waals surface area contributed by atoms with Crippen LogP contribution in [0, 0.1) is 29.1 Å². The molecule has 3 aliphatic carbocycles. The van der Waals surface area contributed by atoms with Crippen LogP contribution in [0.5, 0.6) is 0 Å². The van der Waals surface area contributed by atoms with Crippen molar-refractivity contribution in [2.24, 2.45) is 29.1 Å². The maximum Gasteiger partial charge on any atom is 0.238 e. The molecule has 21 heavy (non-hydrogen) atoms. The standard InChI is InChI=1S/C17H14ClNO2/c18-9-1-3-10(4-2-9)19-15(20)13-11-5-6-12(14(13)16(19)21)17(11)7-8-17/h1-6,11-14H,7-8H2. The van der Waals surface area contributed by atoms with Gasteiger partial charge in [0.1, 0.15) is 0 Å². The highest BCUT2D eigenvalue weighted by molar-refractivity contribution is 6.30. The number of fused-ring (bicyclic) bond motifs is 3. The van der Waals surface area contributed by atoms with Gasteiger partial charge in [-0.3, -0.25) is 14.5 Å². The number of nitrogens with zero attached hydrogens (tertiary/aromatic N) is 1. The van der Waals surface area contributed by atoms with E-state index in [0.29, 0.717) is 10.7 Å². The predicted octanol–water partition coefficient (Wildman–Crippen LogP) is 3.04. The minimum atomic E-state index is -0.134. The van der Waals surface area contributed by atoms with Crippen molar-refractivity contribution < 1.29 is 9.59 Å². The molecule has 3 nitrogen and oxygen atoms in total. The molecule has 1 heterocycles. The number of halogens is 1. The smallest absolute Gasteiger partial charge is 0.238 e. The van der Waals surface area contributed by atoms with Gasteiger partial charge in [-0.1, -0.05) is 23.8 Å². The second kappa shape index (κ2) is 3.58. The minimum absolute atomic E-state index is 0.0181. The lowest BCUT2D eigenvalue weighted by Gasteiger charge is -2.21. The van der Waals surface area contributed by atoms with Crippen LogP contribution >= 0.6 is 11.6 Å². The monoisotopic (exact) mass is 299 g/mol. The van der Waals surface area contributed by atoms with E-state index in [-0.39, 0.29) is 40.9 Å². The largest absolute Gasteiger partial charge is 0.274 e. The van der Waals surface area contributed by atoms with Gasteiger partial charge in [0.25, 0.3) is 0 Å². The molecule has 4 unspecified atom stereocenters. The van der Waals surface area contributed by atoms with E-state index in [9.17, 15) is 9.59 Å². The van der Waals surface area contributed by atoms with E-state index >= 15 is 0 Å². The molecular weight excluding hydrogens is 286 g/mol. The van der Waals surface area contributed by atoms with Gasteiger partial charge in [-0.15, -0.1) is 0 Å². The van der Waals surface area contributed by atoms with E-state index < -0.39 is 0 Å². The molecule has 106 valence electrons. The second-order valence-electron chi connectivity index (χ2n) is 6.71. The van der Waals surface area contributed by atoms with Crippen molar-refractivity contribution in [1.82, 2.24) is 0 Å². The Hall–Kier alpha value is -1.61. The average molecular weight is 300 g/mol. The van der Waals surface area contributed by atoms with Gasteiger partial charge in [0, 0.05) is 5.02 Å². The fraction of sp³-hybridized carbons (Fsp3) is 0.412. The molecule has 2 amide bonds. The molecule has 0 radical (unpaired) electrons. The molecule has 1 aromatic carbocycles. The summed E-state index contributed by atoms with van der Waals surface area (Å²) in [6, 6.07) is 6.95. The van der Waals surface area contributed by atoms with Crippen molar-refractivity contribution in [2.45, 2.75) is 12.8 Å². The van der Waals surface area contributed by atoms with Crippen molar-refractivity contribution in [3.05, 3.63) is 41.4 Å². The molecule has 2 bridgehead atoms. The molecule has 1 saturated heterocycles. The molecule has 0 N–H and O–H groups in total. The van der Waals surface area contributed by atoms with Gasteiger partial charge in [0.2, 0.25) is 11.8 Å². The summed E-state index contributed by atoms with van der Waals surface area (Å²) in [5, 5.41) is 0.608. The summed E-state index contributed by atoms with van der Waals surface area (Å²) in [5.41, 5.74) is 0.903. The van der Waals surface area contributed by atoms with Crippen LogP contribution in [0.15, 0.2) is 36.4 Å². The molecule has 1 aliphatic heterocycles. The van der Waals surface area contributed by atoms with Gasteiger partial charge in [-0.2, -0.15) is 0 Å². The van der Waals surface area contributed by atoms with Gasteiger partial charge in [0.05, 0.1) is 17.5 Å². The van der Waals surface area contributed by atoms with E-state index in [4.69, 9.17) is 11.6 Å². The van der Waals surface area contributed by atoms with Gasteiger partial charge in [-0.25, -0.2) is 0 Å². The third-order valence-corrected chi connectivity index (χ3v) is 6.19. The quantitative estimate of drug-likeness (QED) is 0.590. The molecule has 4 atom stereocenters. The summed E-state index contributed by atoms with van der Waals surface area (Å²) in [7, 11) is 0. The van der Waals surface area contributed by atoms with Crippen LogP contribution in [0.3, 0.4) is 0 Å². The summed E-state index contributed by atoms with van der Waals surface area (Å²) in [6.45, 7) is 0. The molecule has 3 fully saturated rings. The van der Waals surface area contributed by atoms with E-state index in [0.717, 1.165) is 0 Å². The van der Waals surface area contributed by atoms with Crippen molar-refractivity contribution in [1.29, 1.82) is 0 Å². The molecule has 5 rings (SSSR count). The summed E-state index contributed by atoms with van der Waals surface area (Å²) in [5.74, 6) is 0.254. The van der Waals surface area contributed by atoms with Crippen LogP contribution in [-0.4, -0.2) is 11.8 Å². The fourth-order valence-electron chi connectivity index (χ4n) is 4.92. The molecule has 4 heteroatoms. The number of carbonyl (C=O) groups excluding carboxylic acids is 2. The van der Waals surface area contributed by atoms with Gasteiger partial charge < -0.3 is 0 Å². The lowest BCUT2D eigenvalue weighted by atomic mass is 9.85. The Bertz CT molecular complexity index is 670. The number of benzene rings is 1. The molecule has 1 spiro atoms. The molecule has 4 aliphatic rings. The summed E-state index contributed by atoms with van der Waals surface area (Å²) in [6.07, 6.45) is 6.72. The number of anilines is 1. The van der Waals surface area contributed by atoms with Crippen LogP contribution < -0.4 is 4.90 Å². The first-order valence-corrected chi connectivity index (χ1v) is 7.83. The van der Waals surface area contributed by atoms with Crippen molar-refractivity contribution in [2.75, 3.05) is 4.90 Å². The number of amides is 2. The van der Waals surface area contributed by atoms with E-state index in [2.05, 4.69) is 12.2 Å². The lowest BCUT2D eigenvalue weighted by molar-refractivity contribution is -0.123. The Morgan fingerprint density at radius 3 is 1.95 bits per heavy atom. The van der Waals surface area contributed by atoms with Crippen LogP contribution in [0.4, 0.5) is 5.69 Å². The zero-order valence-corrected chi connectivity index (χ0v) is 12.1. The number of carbonyl (C=O) groups is 2. The first kappa shape index (κ1) is 12.0. The van der Waals surface area contributed by atoms with Crippen LogP contribution in [0.1, 0.15) is 12.8 Å². The van der Waals surface area contributed by atoms with Gasteiger partial charge >= 0.3 is 0 Å². The zero-order chi connectivity index (χ0) is 14.4. The van der Waals surface area contributed by atoms with Crippen LogP contribution in [0.2, 0.25) is 5.02 Å². The average Bonchev–Trinajstić information content (AvgIpc) is 3.07. The summed E-state index contributed by atoms with van der Waals surface area (Å²) < 4.78 is 0. The zero-order valence-electron chi connectivity index (χ0n) is 11.3. The number of allylic oxidation sites excluding steroid dienone is 2. The minimum Gasteiger partial charge on any atom is -0.274 e. The van der Waals surface area contributed by atoms with E-state index in [1.807, 2.05) is 0 Å². The lowest BCUT2D eigenvalue weighted by Crippen LogP contribution is -2.34. The summed E-state index contributed by atoms with van der Waals surface area (Å²) in [4.78, 5) is 27.0. The Labute approximate surface area is 127 Å². The Kier molecular flexibility index (Phi) is 2.05. The van der Waals surface area contributed by atoms with E-state index in [1.54, 1.807) is 24.3 Å². The van der Waals surface area contributed by atoms with Crippen molar-refractivity contribution in [3.8, 4) is 0 Å². The topological polar surface area (TPSA) is 37.4 Å². The number of hydrogen-bond donors (Lipinski definition) is 0. The highest BCUT2D eigenvalue weighted by Crippen LogP contribution is 2.73. The molecule has 1 aromatic rings.